The summed E-state index contributed by atoms with van der Waals surface area (Å²) in [4.78, 5) is 60.0. The molecular formula is C22H27N3O9S. The lowest BCUT2D eigenvalue weighted by atomic mass is 10.0. The maximum atomic E-state index is 12.7. The highest BCUT2D eigenvalue weighted by molar-refractivity contribution is 7.98. The van der Waals surface area contributed by atoms with E-state index in [1.54, 1.807) is 25.3 Å². The molecule has 1 atom stereocenters. The summed E-state index contributed by atoms with van der Waals surface area (Å²) in [5, 5.41) is 16.1. The average molecular weight is 510 g/mol. The molecule has 3 amide bonds. The van der Waals surface area contributed by atoms with E-state index in [1.807, 2.05) is 0 Å². The number of thioether (sulfide) groups is 1. The zero-order chi connectivity index (χ0) is 26.1. The third kappa shape index (κ3) is 7.37. The Kier molecular flexibility index (Phi) is 9.94. The quantitative estimate of drug-likeness (QED) is 0.281. The molecule has 0 spiro atoms. The Balaban J connectivity index is 2.17. The molecule has 0 aliphatic carbocycles. The van der Waals surface area contributed by atoms with Crippen LogP contribution in [0.4, 0.5) is 0 Å². The first-order chi connectivity index (χ1) is 16.6. The van der Waals surface area contributed by atoms with Gasteiger partial charge in [-0.1, -0.05) is 0 Å². The van der Waals surface area contributed by atoms with Crippen molar-refractivity contribution in [2.45, 2.75) is 19.4 Å². The van der Waals surface area contributed by atoms with Gasteiger partial charge in [0, 0.05) is 17.9 Å². The van der Waals surface area contributed by atoms with E-state index in [0.29, 0.717) is 22.4 Å². The van der Waals surface area contributed by atoms with Crippen LogP contribution in [0.15, 0.2) is 21.3 Å². The molecule has 0 saturated heterocycles. The molecule has 0 bridgehead atoms. The number of fused-ring (bicyclic) bond motifs is 1. The van der Waals surface area contributed by atoms with Gasteiger partial charge in [-0.3, -0.25) is 19.2 Å². The standard InChI is InChI=1S/C22H27N3O9S/c1-11-13(22(31)34-16-6-12(32-2)5-15(33-3)20(11)16)7-17(26)25-14(10-35-4)21(30)24-8-18(27)23-9-19(28)29/h5-6,14H,7-10H2,1-4H3,(H,23,27)(H,24,30)(H,25,26)(H,28,29)/t14-/m0/s1. The molecule has 190 valence electrons. The Bertz CT molecular complexity index is 1180. The largest absolute Gasteiger partial charge is 0.496 e. The molecule has 0 aliphatic heterocycles. The Morgan fingerprint density at radius 3 is 2.40 bits per heavy atom. The van der Waals surface area contributed by atoms with Crippen LogP contribution in [0.25, 0.3) is 11.0 Å². The van der Waals surface area contributed by atoms with E-state index in [2.05, 4.69) is 16.0 Å². The Labute approximate surface area is 204 Å². The number of carboxylic acid groups (broad SMARTS) is 1. The Morgan fingerprint density at radius 1 is 1.09 bits per heavy atom. The molecule has 0 fully saturated rings. The molecular weight excluding hydrogens is 482 g/mol. The third-order valence-corrected chi connectivity index (χ3v) is 5.62. The zero-order valence-corrected chi connectivity index (χ0v) is 20.5. The molecule has 0 saturated carbocycles. The number of hydrogen-bond donors (Lipinski definition) is 4. The van der Waals surface area contributed by atoms with E-state index in [9.17, 15) is 24.0 Å². The van der Waals surface area contributed by atoms with Crippen LogP contribution < -0.4 is 31.0 Å². The maximum Gasteiger partial charge on any atom is 0.340 e. The lowest BCUT2D eigenvalue weighted by molar-refractivity contribution is -0.138. The molecule has 2 rings (SSSR count). The number of methoxy groups -OCH3 is 2. The molecule has 2 aromatic rings. The van der Waals surface area contributed by atoms with Crippen molar-refractivity contribution in [1.29, 1.82) is 0 Å². The van der Waals surface area contributed by atoms with Crippen molar-refractivity contribution in [3.8, 4) is 11.5 Å². The first kappa shape index (κ1) is 27.5. The van der Waals surface area contributed by atoms with Crippen molar-refractivity contribution in [1.82, 2.24) is 16.0 Å². The minimum absolute atomic E-state index is 0.106. The predicted octanol–water partition coefficient (Wildman–Crippen LogP) is -0.174. The highest BCUT2D eigenvalue weighted by Gasteiger charge is 2.23. The number of hydrogen-bond acceptors (Lipinski definition) is 9. The van der Waals surface area contributed by atoms with Crippen molar-refractivity contribution >= 4 is 46.4 Å². The van der Waals surface area contributed by atoms with Gasteiger partial charge in [0.15, 0.2) is 0 Å². The molecule has 1 aromatic carbocycles. The summed E-state index contributed by atoms with van der Waals surface area (Å²) >= 11 is 1.29. The van der Waals surface area contributed by atoms with E-state index in [0.717, 1.165) is 0 Å². The van der Waals surface area contributed by atoms with Gasteiger partial charge in [0.2, 0.25) is 17.7 Å². The fourth-order valence-electron chi connectivity index (χ4n) is 3.25. The topological polar surface area (TPSA) is 173 Å². The molecule has 0 radical (unpaired) electrons. The van der Waals surface area contributed by atoms with Crippen LogP contribution in [0.2, 0.25) is 0 Å². The van der Waals surface area contributed by atoms with Gasteiger partial charge >= 0.3 is 11.6 Å². The van der Waals surface area contributed by atoms with Gasteiger partial charge < -0.3 is 34.9 Å². The molecule has 12 nitrogen and oxygen atoms in total. The van der Waals surface area contributed by atoms with Crippen molar-refractivity contribution in [3.05, 3.63) is 33.7 Å². The van der Waals surface area contributed by atoms with Gasteiger partial charge in [-0.05, 0) is 18.7 Å². The van der Waals surface area contributed by atoms with Crippen LogP contribution in [0.1, 0.15) is 11.1 Å². The summed E-state index contributed by atoms with van der Waals surface area (Å²) in [6.07, 6.45) is 1.38. The number of nitrogens with one attached hydrogen (secondary N) is 3. The van der Waals surface area contributed by atoms with E-state index < -0.39 is 48.4 Å². The van der Waals surface area contributed by atoms with Gasteiger partial charge in [0.1, 0.15) is 29.7 Å². The summed E-state index contributed by atoms with van der Waals surface area (Å²) in [6.45, 7) is 0.632. The second-order valence-electron chi connectivity index (χ2n) is 7.34. The first-order valence-electron chi connectivity index (χ1n) is 10.3. The lowest BCUT2D eigenvalue weighted by Gasteiger charge is -2.18. The normalized spacial score (nSPS) is 11.4. The van der Waals surface area contributed by atoms with Crippen molar-refractivity contribution in [2.24, 2.45) is 0 Å². The number of aliphatic carboxylic acids is 1. The summed E-state index contributed by atoms with van der Waals surface area (Å²) in [5.74, 6) is -2.10. The molecule has 1 heterocycles. The number of amides is 3. The number of benzene rings is 1. The van der Waals surface area contributed by atoms with Crippen LogP contribution in [0.5, 0.6) is 11.5 Å². The van der Waals surface area contributed by atoms with Gasteiger partial charge in [-0.25, -0.2) is 4.79 Å². The summed E-state index contributed by atoms with van der Waals surface area (Å²) < 4.78 is 16.0. The molecule has 1 aromatic heterocycles. The fourth-order valence-corrected chi connectivity index (χ4v) is 3.82. The summed E-state index contributed by atoms with van der Waals surface area (Å²) in [6, 6.07) is 2.18. The minimum atomic E-state index is -1.22. The van der Waals surface area contributed by atoms with Crippen LogP contribution in [0.3, 0.4) is 0 Å². The van der Waals surface area contributed by atoms with Gasteiger partial charge in [-0.2, -0.15) is 11.8 Å². The monoisotopic (exact) mass is 509 g/mol. The molecule has 13 heteroatoms. The first-order valence-corrected chi connectivity index (χ1v) is 11.7. The smallest absolute Gasteiger partial charge is 0.340 e. The van der Waals surface area contributed by atoms with Crippen LogP contribution in [-0.4, -0.2) is 74.2 Å². The zero-order valence-electron chi connectivity index (χ0n) is 19.7. The lowest BCUT2D eigenvalue weighted by Crippen LogP contribution is -2.51. The van der Waals surface area contributed by atoms with Gasteiger partial charge in [0.25, 0.3) is 0 Å². The van der Waals surface area contributed by atoms with Gasteiger partial charge in [0.05, 0.1) is 38.1 Å². The van der Waals surface area contributed by atoms with E-state index >= 15 is 0 Å². The van der Waals surface area contributed by atoms with Gasteiger partial charge in [-0.15, -0.1) is 0 Å². The summed E-state index contributed by atoms with van der Waals surface area (Å²) in [7, 11) is 2.92. The second kappa shape index (κ2) is 12.6. The predicted molar refractivity (Wildman–Crippen MR) is 128 cm³/mol. The van der Waals surface area contributed by atoms with E-state index in [-0.39, 0.29) is 23.3 Å². The number of carbonyl (C=O) groups is 4. The van der Waals surface area contributed by atoms with Crippen molar-refractivity contribution < 1.29 is 38.2 Å². The molecule has 0 unspecified atom stereocenters. The molecule has 35 heavy (non-hydrogen) atoms. The number of ether oxygens (including phenoxy) is 2. The molecule has 0 aliphatic rings. The summed E-state index contributed by atoms with van der Waals surface area (Å²) in [5.41, 5.74) is 0.136. The second-order valence-corrected chi connectivity index (χ2v) is 8.25. The highest BCUT2D eigenvalue weighted by atomic mass is 32.2. The van der Waals surface area contributed by atoms with Crippen LogP contribution in [0, 0.1) is 6.92 Å². The number of carboxylic acids is 1. The average Bonchev–Trinajstić information content (AvgIpc) is 2.82. The highest BCUT2D eigenvalue weighted by Crippen LogP contribution is 2.33. The van der Waals surface area contributed by atoms with Crippen molar-refractivity contribution in [3.63, 3.8) is 0 Å². The Hall–Kier alpha value is -3.74. The van der Waals surface area contributed by atoms with E-state index in [1.165, 1.54) is 26.0 Å². The SMILES string of the molecule is COc1cc(OC)c2c(C)c(CC(=O)N[C@@H](CSC)C(=O)NCC(=O)NCC(=O)O)c(=O)oc2c1. The number of aryl methyl sites for hydroxylation is 1. The fraction of sp³-hybridized carbons (Fsp3) is 0.409. The third-order valence-electron chi connectivity index (χ3n) is 4.95. The maximum absolute atomic E-state index is 12.7. The van der Waals surface area contributed by atoms with Crippen LogP contribution in [-0.2, 0) is 25.6 Å². The number of carbonyl (C=O) groups excluding carboxylic acids is 3. The Morgan fingerprint density at radius 2 is 1.80 bits per heavy atom. The molecule has 4 N–H and O–H groups in total. The van der Waals surface area contributed by atoms with E-state index in [4.69, 9.17) is 19.0 Å². The van der Waals surface area contributed by atoms with Crippen molar-refractivity contribution in [2.75, 3.05) is 39.3 Å². The van der Waals surface area contributed by atoms with Crippen LogP contribution >= 0.6 is 11.8 Å². The minimum Gasteiger partial charge on any atom is -0.496 e. The number of rotatable bonds is 12.